The van der Waals surface area contributed by atoms with Crippen molar-refractivity contribution in [3.8, 4) is 22.8 Å². The van der Waals surface area contributed by atoms with Gasteiger partial charge < -0.3 is 9.47 Å². The van der Waals surface area contributed by atoms with Crippen molar-refractivity contribution in [2.45, 2.75) is 17.9 Å². The van der Waals surface area contributed by atoms with Crippen molar-refractivity contribution in [2.75, 3.05) is 12.4 Å². The van der Waals surface area contributed by atoms with E-state index < -0.39 is 0 Å². The zero-order valence-electron chi connectivity index (χ0n) is 19.5. The molecule has 0 aliphatic heterocycles. The van der Waals surface area contributed by atoms with E-state index in [2.05, 4.69) is 31.4 Å². The van der Waals surface area contributed by atoms with E-state index in [1.165, 1.54) is 23.1 Å². The van der Waals surface area contributed by atoms with Gasteiger partial charge in [-0.1, -0.05) is 70.2 Å². The lowest BCUT2D eigenvalue weighted by atomic mass is 10.2. The molecule has 1 amide bonds. The quantitative estimate of drug-likeness (QED) is 0.120. The third kappa shape index (κ3) is 7.68. The Kier molecular flexibility index (Phi) is 9.54. The SMILES string of the molecule is CCOc1cc(/C=N/NC(=O)CSc2nc(-c3ccccc3)cs2)ccc1OCc1cccc(Br)c1. The van der Waals surface area contributed by atoms with Crippen molar-refractivity contribution in [1.82, 2.24) is 10.4 Å². The second-order valence-electron chi connectivity index (χ2n) is 7.50. The van der Waals surface area contributed by atoms with Gasteiger partial charge in [0.05, 0.1) is 24.3 Å². The van der Waals surface area contributed by atoms with Crippen LogP contribution in [0.2, 0.25) is 0 Å². The van der Waals surface area contributed by atoms with Gasteiger partial charge in [0.1, 0.15) is 6.61 Å². The van der Waals surface area contributed by atoms with Gasteiger partial charge in [0.15, 0.2) is 15.8 Å². The van der Waals surface area contributed by atoms with Crippen molar-refractivity contribution in [3.63, 3.8) is 0 Å². The van der Waals surface area contributed by atoms with Crippen LogP contribution in [-0.4, -0.2) is 29.5 Å². The molecule has 0 saturated heterocycles. The summed E-state index contributed by atoms with van der Waals surface area (Å²) >= 11 is 6.38. The highest BCUT2D eigenvalue weighted by atomic mass is 79.9. The molecule has 184 valence electrons. The molecular weight excluding hydrogens is 558 g/mol. The number of halogens is 1. The van der Waals surface area contributed by atoms with Crippen LogP contribution in [0.4, 0.5) is 0 Å². The third-order valence-electron chi connectivity index (χ3n) is 4.83. The predicted octanol–water partition coefficient (Wildman–Crippen LogP) is 6.79. The number of thiazole rings is 1. The topological polar surface area (TPSA) is 72.8 Å². The fourth-order valence-corrected chi connectivity index (χ4v) is 5.26. The molecule has 3 aromatic carbocycles. The number of aromatic nitrogens is 1. The maximum absolute atomic E-state index is 12.2. The second kappa shape index (κ2) is 13.2. The van der Waals surface area contributed by atoms with Crippen LogP contribution in [0.3, 0.4) is 0 Å². The zero-order valence-corrected chi connectivity index (χ0v) is 22.7. The molecule has 9 heteroatoms. The highest BCUT2D eigenvalue weighted by molar-refractivity contribution is 9.10. The second-order valence-corrected chi connectivity index (χ2v) is 10.5. The van der Waals surface area contributed by atoms with Crippen molar-refractivity contribution in [1.29, 1.82) is 0 Å². The Morgan fingerprint density at radius 2 is 1.94 bits per heavy atom. The molecule has 0 bridgehead atoms. The lowest BCUT2D eigenvalue weighted by Crippen LogP contribution is -2.19. The smallest absolute Gasteiger partial charge is 0.250 e. The summed E-state index contributed by atoms with van der Waals surface area (Å²) in [7, 11) is 0. The van der Waals surface area contributed by atoms with E-state index in [4.69, 9.17) is 9.47 Å². The number of rotatable bonds is 11. The monoisotopic (exact) mass is 581 g/mol. The Bertz CT molecular complexity index is 1330. The van der Waals surface area contributed by atoms with Gasteiger partial charge in [0.25, 0.3) is 5.91 Å². The van der Waals surface area contributed by atoms with Crippen LogP contribution in [-0.2, 0) is 11.4 Å². The molecule has 1 heterocycles. The Morgan fingerprint density at radius 1 is 1.08 bits per heavy atom. The molecule has 4 aromatic rings. The minimum Gasteiger partial charge on any atom is -0.490 e. The van der Waals surface area contributed by atoms with Crippen molar-refractivity contribution < 1.29 is 14.3 Å². The van der Waals surface area contributed by atoms with E-state index in [0.29, 0.717) is 24.7 Å². The number of hydrogen-bond acceptors (Lipinski definition) is 7. The number of thioether (sulfide) groups is 1. The Balaban J connectivity index is 1.29. The molecule has 0 unspecified atom stereocenters. The van der Waals surface area contributed by atoms with Crippen molar-refractivity contribution in [3.05, 3.63) is 93.8 Å². The molecule has 0 saturated carbocycles. The summed E-state index contributed by atoms with van der Waals surface area (Å²) in [5, 5.41) is 6.08. The maximum atomic E-state index is 12.2. The molecule has 0 aliphatic rings. The molecule has 6 nitrogen and oxygen atoms in total. The summed E-state index contributed by atoms with van der Waals surface area (Å²) in [6.07, 6.45) is 1.58. The summed E-state index contributed by atoms with van der Waals surface area (Å²) in [6, 6.07) is 23.5. The Hall–Kier alpha value is -3.14. The maximum Gasteiger partial charge on any atom is 0.250 e. The van der Waals surface area contributed by atoms with E-state index >= 15 is 0 Å². The molecule has 1 aromatic heterocycles. The van der Waals surface area contributed by atoms with E-state index in [0.717, 1.165) is 31.2 Å². The minimum absolute atomic E-state index is 0.202. The van der Waals surface area contributed by atoms with Crippen LogP contribution in [0.15, 0.2) is 92.1 Å². The van der Waals surface area contributed by atoms with Gasteiger partial charge in [-0.05, 0) is 48.4 Å². The highest BCUT2D eigenvalue weighted by Gasteiger charge is 2.09. The minimum atomic E-state index is -0.202. The first-order chi connectivity index (χ1) is 17.6. The zero-order chi connectivity index (χ0) is 25.2. The number of hydrazone groups is 1. The number of benzene rings is 3. The van der Waals surface area contributed by atoms with Crippen molar-refractivity contribution in [2.24, 2.45) is 5.10 Å². The largest absolute Gasteiger partial charge is 0.490 e. The summed E-state index contributed by atoms with van der Waals surface area (Å²) < 4.78 is 13.6. The molecule has 36 heavy (non-hydrogen) atoms. The van der Waals surface area contributed by atoms with Crippen LogP contribution in [0.5, 0.6) is 11.5 Å². The van der Waals surface area contributed by atoms with Gasteiger partial charge in [-0.15, -0.1) is 11.3 Å². The van der Waals surface area contributed by atoms with Gasteiger partial charge in [0.2, 0.25) is 0 Å². The summed E-state index contributed by atoms with van der Waals surface area (Å²) in [6.45, 7) is 2.85. The van der Waals surface area contributed by atoms with Crippen LogP contribution < -0.4 is 14.9 Å². The number of hydrogen-bond donors (Lipinski definition) is 1. The standard InChI is InChI=1S/C27H24BrN3O3S2/c1-2-33-25-14-19(11-12-24(25)34-16-20-7-6-10-22(28)13-20)15-29-31-26(32)18-36-27-30-23(17-35-27)21-8-4-3-5-9-21/h3-15,17H,2,16,18H2,1H3,(H,31,32)/b29-15+. The molecule has 0 spiro atoms. The molecule has 0 radical (unpaired) electrons. The lowest BCUT2D eigenvalue weighted by Gasteiger charge is -2.12. The number of carbonyl (C=O) groups is 1. The van der Waals surface area contributed by atoms with Crippen LogP contribution in [0.25, 0.3) is 11.3 Å². The summed E-state index contributed by atoms with van der Waals surface area (Å²) in [5.41, 5.74) is 6.38. The molecule has 1 N–H and O–H groups in total. The van der Waals surface area contributed by atoms with Gasteiger partial charge in [-0.2, -0.15) is 5.10 Å². The number of amides is 1. The van der Waals surface area contributed by atoms with Crippen molar-refractivity contribution >= 4 is 51.2 Å². The normalized spacial score (nSPS) is 10.9. The molecule has 0 fully saturated rings. The van der Waals surface area contributed by atoms with Gasteiger partial charge in [-0.25, -0.2) is 10.4 Å². The third-order valence-corrected chi connectivity index (χ3v) is 7.35. The van der Waals surface area contributed by atoms with Crippen LogP contribution in [0, 0.1) is 0 Å². The average Bonchev–Trinajstić information content (AvgIpc) is 3.37. The highest BCUT2D eigenvalue weighted by Crippen LogP contribution is 2.30. The molecule has 4 rings (SSSR count). The lowest BCUT2D eigenvalue weighted by molar-refractivity contribution is -0.118. The summed E-state index contributed by atoms with van der Waals surface area (Å²) in [4.78, 5) is 16.8. The Morgan fingerprint density at radius 3 is 2.75 bits per heavy atom. The fourth-order valence-electron chi connectivity index (χ4n) is 3.18. The van der Waals surface area contributed by atoms with E-state index in [9.17, 15) is 4.79 Å². The number of carbonyl (C=O) groups excluding carboxylic acids is 1. The van der Waals surface area contributed by atoms with Crippen LogP contribution >= 0.6 is 39.0 Å². The molecule has 0 atom stereocenters. The van der Waals surface area contributed by atoms with Gasteiger partial charge in [-0.3, -0.25) is 4.79 Å². The average molecular weight is 583 g/mol. The van der Waals surface area contributed by atoms with Gasteiger partial charge >= 0.3 is 0 Å². The van der Waals surface area contributed by atoms with E-state index in [1.807, 2.05) is 85.1 Å². The fraction of sp³-hybridized carbons (Fsp3) is 0.148. The number of nitrogens with one attached hydrogen (secondary N) is 1. The number of nitrogens with zero attached hydrogens (tertiary/aromatic N) is 2. The predicted molar refractivity (Wildman–Crippen MR) is 150 cm³/mol. The molecule has 0 aliphatic carbocycles. The summed E-state index contributed by atoms with van der Waals surface area (Å²) in [5.74, 6) is 1.29. The van der Waals surface area contributed by atoms with E-state index in [-0.39, 0.29) is 11.7 Å². The van der Waals surface area contributed by atoms with Gasteiger partial charge in [0, 0.05) is 15.4 Å². The first-order valence-corrected chi connectivity index (χ1v) is 13.9. The Labute approximate surface area is 226 Å². The first kappa shape index (κ1) is 25.9. The molecular formula is C27H24BrN3O3S2. The number of ether oxygens (including phenoxy) is 2. The van der Waals surface area contributed by atoms with Crippen LogP contribution in [0.1, 0.15) is 18.1 Å². The first-order valence-electron chi connectivity index (χ1n) is 11.2. The van der Waals surface area contributed by atoms with E-state index in [1.54, 1.807) is 6.21 Å².